The first kappa shape index (κ1) is 9.00. The zero-order valence-electron chi connectivity index (χ0n) is 7.79. The molecule has 2 rings (SSSR count). The van der Waals surface area contributed by atoms with Crippen LogP contribution in [-0.2, 0) is 9.53 Å². The predicted octanol–water partition coefficient (Wildman–Crippen LogP) is 1.81. The van der Waals surface area contributed by atoms with E-state index in [1.54, 1.807) is 0 Å². The van der Waals surface area contributed by atoms with Gasteiger partial charge in [-0.1, -0.05) is 0 Å². The minimum absolute atomic E-state index is 0.0201. The van der Waals surface area contributed by atoms with E-state index < -0.39 is 5.97 Å². The van der Waals surface area contributed by atoms with E-state index in [1.165, 1.54) is 6.42 Å². The minimum Gasteiger partial charge on any atom is -0.481 e. The van der Waals surface area contributed by atoms with Crippen molar-refractivity contribution in [3.63, 3.8) is 0 Å². The molecule has 74 valence electrons. The molecule has 0 radical (unpaired) electrons. The fraction of sp³-hybridized carbons (Fsp3) is 0.900. The summed E-state index contributed by atoms with van der Waals surface area (Å²) in [6.07, 6.45) is 6.03. The lowest BCUT2D eigenvalue weighted by atomic mass is 9.90. The van der Waals surface area contributed by atoms with Gasteiger partial charge < -0.3 is 9.84 Å². The van der Waals surface area contributed by atoms with Crippen LogP contribution in [0.5, 0.6) is 0 Å². The Morgan fingerprint density at radius 1 is 1.46 bits per heavy atom. The van der Waals surface area contributed by atoms with Crippen LogP contribution in [-0.4, -0.2) is 23.8 Å². The van der Waals surface area contributed by atoms with Crippen molar-refractivity contribution in [2.45, 2.75) is 44.6 Å². The second-order valence-electron chi connectivity index (χ2n) is 4.29. The molecule has 13 heavy (non-hydrogen) atoms. The van der Waals surface area contributed by atoms with Gasteiger partial charge in [-0.05, 0) is 32.1 Å². The quantitative estimate of drug-likeness (QED) is 0.727. The summed E-state index contributed by atoms with van der Waals surface area (Å²) in [4.78, 5) is 10.6. The van der Waals surface area contributed by atoms with Crippen molar-refractivity contribution in [1.29, 1.82) is 0 Å². The molecule has 3 nitrogen and oxygen atoms in total. The highest BCUT2D eigenvalue weighted by molar-refractivity contribution is 5.68. The van der Waals surface area contributed by atoms with Gasteiger partial charge in [0.25, 0.3) is 0 Å². The molecule has 1 saturated heterocycles. The van der Waals surface area contributed by atoms with Crippen molar-refractivity contribution >= 4 is 5.97 Å². The third kappa shape index (κ3) is 1.85. The number of rotatable bonds is 3. The van der Waals surface area contributed by atoms with E-state index in [9.17, 15) is 4.79 Å². The lowest BCUT2D eigenvalue weighted by molar-refractivity contribution is -0.141. The maximum absolute atomic E-state index is 10.6. The summed E-state index contributed by atoms with van der Waals surface area (Å²) in [5.74, 6) is -0.674. The van der Waals surface area contributed by atoms with Crippen LogP contribution in [0.4, 0.5) is 0 Å². The van der Waals surface area contributed by atoms with Crippen LogP contribution in [0.25, 0.3) is 0 Å². The predicted molar refractivity (Wildman–Crippen MR) is 47.5 cm³/mol. The normalized spacial score (nSPS) is 31.2. The summed E-state index contributed by atoms with van der Waals surface area (Å²) in [6.45, 7) is 0.825. The maximum Gasteiger partial charge on any atom is 0.304 e. The molecule has 1 N–H and O–H groups in total. The van der Waals surface area contributed by atoms with Crippen LogP contribution in [0, 0.1) is 5.41 Å². The molecule has 1 unspecified atom stereocenters. The van der Waals surface area contributed by atoms with Crippen molar-refractivity contribution in [2.75, 3.05) is 6.61 Å². The fourth-order valence-electron chi connectivity index (χ4n) is 2.30. The topological polar surface area (TPSA) is 46.5 Å². The Hall–Kier alpha value is -0.570. The van der Waals surface area contributed by atoms with Crippen LogP contribution in [0.1, 0.15) is 38.5 Å². The van der Waals surface area contributed by atoms with E-state index in [1.807, 2.05) is 0 Å². The molecule has 3 heteroatoms. The number of carboxylic acid groups (broad SMARTS) is 1. The second kappa shape index (κ2) is 3.29. The van der Waals surface area contributed by atoms with Crippen molar-refractivity contribution in [3.8, 4) is 0 Å². The van der Waals surface area contributed by atoms with Crippen LogP contribution in [0.2, 0.25) is 0 Å². The molecule has 0 bridgehead atoms. The molecule has 1 aliphatic heterocycles. The highest BCUT2D eigenvalue weighted by Crippen LogP contribution is 2.54. The Morgan fingerprint density at radius 2 is 2.23 bits per heavy atom. The smallest absolute Gasteiger partial charge is 0.304 e. The largest absolute Gasteiger partial charge is 0.481 e. The van der Waals surface area contributed by atoms with E-state index >= 15 is 0 Å². The summed E-state index contributed by atoms with van der Waals surface area (Å²) in [5, 5.41) is 8.76. The zero-order valence-corrected chi connectivity index (χ0v) is 7.79. The van der Waals surface area contributed by atoms with Crippen molar-refractivity contribution in [2.24, 2.45) is 5.41 Å². The van der Waals surface area contributed by atoms with Crippen molar-refractivity contribution < 1.29 is 14.6 Å². The zero-order chi connectivity index (χ0) is 9.31. The van der Waals surface area contributed by atoms with E-state index in [0.717, 1.165) is 32.3 Å². The molecule has 2 aliphatic rings. The van der Waals surface area contributed by atoms with E-state index in [-0.39, 0.29) is 11.5 Å². The van der Waals surface area contributed by atoms with Gasteiger partial charge in [-0.2, -0.15) is 0 Å². The molecular weight excluding hydrogens is 168 g/mol. The van der Waals surface area contributed by atoms with Crippen LogP contribution in [0.3, 0.4) is 0 Å². The van der Waals surface area contributed by atoms with E-state index in [2.05, 4.69) is 0 Å². The van der Waals surface area contributed by atoms with Crippen molar-refractivity contribution in [1.82, 2.24) is 0 Å². The number of aliphatic carboxylic acids is 1. The molecule has 2 fully saturated rings. The first-order valence-electron chi connectivity index (χ1n) is 5.06. The average molecular weight is 184 g/mol. The summed E-state index contributed by atoms with van der Waals surface area (Å²) < 4.78 is 5.64. The molecule has 0 spiro atoms. The number of carbonyl (C=O) groups is 1. The van der Waals surface area contributed by atoms with Gasteiger partial charge >= 0.3 is 5.97 Å². The van der Waals surface area contributed by atoms with Gasteiger partial charge in [-0.3, -0.25) is 4.79 Å². The number of ether oxygens (including phenoxy) is 1. The first-order chi connectivity index (χ1) is 6.23. The van der Waals surface area contributed by atoms with Crippen LogP contribution >= 0.6 is 0 Å². The third-order valence-corrected chi connectivity index (χ3v) is 3.26. The Bertz CT molecular complexity index is 202. The van der Waals surface area contributed by atoms with Crippen LogP contribution < -0.4 is 0 Å². The molecule has 0 aromatic heterocycles. The van der Waals surface area contributed by atoms with Gasteiger partial charge in [0.1, 0.15) is 0 Å². The molecular formula is C10H16O3. The van der Waals surface area contributed by atoms with Crippen molar-refractivity contribution in [3.05, 3.63) is 0 Å². The highest BCUT2D eigenvalue weighted by Gasteiger charge is 2.51. The molecule has 0 aromatic rings. The molecule has 0 amide bonds. The average Bonchev–Trinajstić information content (AvgIpc) is 2.86. The lowest BCUT2D eigenvalue weighted by Crippen LogP contribution is -2.31. The standard InChI is InChI=1S/C10H16O3/c11-9(12)7-10(4-5-10)8-3-1-2-6-13-8/h8H,1-7H2,(H,11,12). The minimum atomic E-state index is -0.674. The first-order valence-corrected chi connectivity index (χ1v) is 5.06. The van der Waals surface area contributed by atoms with Gasteiger partial charge in [0.2, 0.25) is 0 Å². The van der Waals surface area contributed by atoms with Gasteiger partial charge in [0, 0.05) is 12.0 Å². The maximum atomic E-state index is 10.6. The number of hydrogen-bond acceptors (Lipinski definition) is 2. The summed E-state index contributed by atoms with van der Waals surface area (Å²) in [6, 6.07) is 0. The van der Waals surface area contributed by atoms with Crippen LogP contribution in [0.15, 0.2) is 0 Å². The van der Waals surface area contributed by atoms with Gasteiger partial charge in [0.15, 0.2) is 0 Å². The second-order valence-corrected chi connectivity index (χ2v) is 4.29. The Morgan fingerprint density at radius 3 is 2.69 bits per heavy atom. The fourth-order valence-corrected chi connectivity index (χ4v) is 2.30. The molecule has 0 aromatic carbocycles. The Balaban J connectivity index is 1.93. The van der Waals surface area contributed by atoms with E-state index in [4.69, 9.17) is 9.84 Å². The summed E-state index contributed by atoms with van der Waals surface area (Å²) >= 11 is 0. The van der Waals surface area contributed by atoms with Gasteiger partial charge in [0.05, 0.1) is 12.5 Å². The summed E-state index contributed by atoms with van der Waals surface area (Å²) in [7, 11) is 0. The molecule has 1 saturated carbocycles. The number of carboxylic acids is 1. The third-order valence-electron chi connectivity index (χ3n) is 3.26. The van der Waals surface area contributed by atoms with E-state index in [0.29, 0.717) is 6.42 Å². The SMILES string of the molecule is O=C(O)CC1(C2CCCCO2)CC1. The highest BCUT2D eigenvalue weighted by atomic mass is 16.5. The monoisotopic (exact) mass is 184 g/mol. The number of hydrogen-bond donors (Lipinski definition) is 1. The molecule has 1 atom stereocenters. The molecule has 1 aliphatic carbocycles. The van der Waals surface area contributed by atoms with Gasteiger partial charge in [-0.25, -0.2) is 0 Å². The lowest BCUT2D eigenvalue weighted by Gasteiger charge is -2.29. The Kier molecular flexibility index (Phi) is 2.28. The van der Waals surface area contributed by atoms with Gasteiger partial charge in [-0.15, -0.1) is 0 Å². The summed E-state index contributed by atoms with van der Waals surface area (Å²) in [5.41, 5.74) is 0.0201. The Labute approximate surface area is 78.1 Å². The molecule has 1 heterocycles.